The monoisotopic (exact) mass is 209 g/mol. The molecule has 0 aliphatic heterocycles. The van der Waals surface area contributed by atoms with Gasteiger partial charge in [-0.15, -0.1) is 12.6 Å². The summed E-state index contributed by atoms with van der Waals surface area (Å²) in [6.45, 7) is 1.73. The van der Waals surface area contributed by atoms with Crippen LogP contribution in [-0.2, 0) is 0 Å². The number of thiocarbonyl (C=S) groups is 1. The lowest BCUT2D eigenvalue weighted by Gasteiger charge is -2.21. The van der Waals surface area contributed by atoms with E-state index in [1.54, 1.807) is 0 Å². The second-order valence-corrected chi connectivity index (χ2v) is 3.54. The Labute approximate surface area is 83.8 Å². The average Bonchev–Trinajstić information content (AvgIpc) is 2.04. The molecule has 0 heterocycles. The molecule has 0 rings (SSSR count). The van der Waals surface area contributed by atoms with Crippen molar-refractivity contribution in [1.82, 2.24) is 4.90 Å². The van der Waals surface area contributed by atoms with E-state index in [1.807, 2.05) is 4.90 Å². The van der Waals surface area contributed by atoms with Crippen LogP contribution in [0.25, 0.3) is 0 Å². The SMILES string of the molecule is OCCCN(CCCO)C(=S)S. The fraction of sp³-hybridized carbons (Fsp3) is 0.857. The predicted octanol–water partition coefficient (Wildman–Crippen LogP) is 0.268. The second-order valence-electron chi connectivity index (χ2n) is 2.42. The van der Waals surface area contributed by atoms with Gasteiger partial charge >= 0.3 is 0 Å². The van der Waals surface area contributed by atoms with Gasteiger partial charge in [-0.1, -0.05) is 12.2 Å². The molecule has 0 aromatic rings. The lowest BCUT2D eigenvalue weighted by molar-refractivity contribution is 0.249. The molecule has 0 saturated carbocycles. The largest absolute Gasteiger partial charge is 0.396 e. The van der Waals surface area contributed by atoms with Gasteiger partial charge in [-0.05, 0) is 12.8 Å². The molecule has 0 saturated heterocycles. The van der Waals surface area contributed by atoms with Crippen molar-refractivity contribution in [1.29, 1.82) is 0 Å². The highest BCUT2D eigenvalue weighted by Gasteiger charge is 2.03. The lowest BCUT2D eigenvalue weighted by Crippen LogP contribution is -2.29. The second kappa shape index (κ2) is 7.79. The molecular weight excluding hydrogens is 194 g/mol. The van der Waals surface area contributed by atoms with Crippen molar-refractivity contribution in [3.05, 3.63) is 0 Å². The molecule has 0 radical (unpaired) electrons. The van der Waals surface area contributed by atoms with Crippen molar-refractivity contribution in [2.24, 2.45) is 0 Å². The van der Waals surface area contributed by atoms with Gasteiger partial charge in [0.2, 0.25) is 0 Å². The van der Waals surface area contributed by atoms with Gasteiger partial charge in [0, 0.05) is 26.3 Å². The van der Waals surface area contributed by atoms with Crippen molar-refractivity contribution in [3.8, 4) is 0 Å². The first-order valence-corrected chi connectivity index (χ1v) is 4.77. The van der Waals surface area contributed by atoms with Crippen molar-refractivity contribution >= 4 is 29.2 Å². The topological polar surface area (TPSA) is 43.7 Å². The summed E-state index contributed by atoms with van der Waals surface area (Å²) >= 11 is 8.90. The first-order valence-electron chi connectivity index (χ1n) is 3.92. The molecule has 3 nitrogen and oxygen atoms in total. The van der Waals surface area contributed by atoms with Gasteiger partial charge in [0.05, 0.1) is 0 Å². The van der Waals surface area contributed by atoms with Crippen LogP contribution in [0.5, 0.6) is 0 Å². The Bertz CT molecular complexity index is 125. The summed E-state index contributed by atoms with van der Waals surface area (Å²) in [6, 6.07) is 0. The van der Waals surface area contributed by atoms with Gasteiger partial charge in [-0.3, -0.25) is 0 Å². The zero-order valence-electron chi connectivity index (χ0n) is 6.94. The number of hydrogen-bond acceptors (Lipinski definition) is 3. The summed E-state index contributed by atoms with van der Waals surface area (Å²) in [5.41, 5.74) is 0. The Morgan fingerprint density at radius 1 is 1.17 bits per heavy atom. The molecule has 5 heteroatoms. The van der Waals surface area contributed by atoms with Crippen molar-refractivity contribution in [2.75, 3.05) is 26.3 Å². The van der Waals surface area contributed by atoms with E-state index in [4.69, 9.17) is 22.4 Å². The molecule has 0 aliphatic rings. The maximum atomic E-state index is 8.58. The average molecular weight is 209 g/mol. The Morgan fingerprint density at radius 2 is 1.58 bits per heavy atom. The smallest absolute Gasteiger partial charge is 0.133 e. The summed E-state index contributed by atoms with van der Waals surface area (Å²) in [4.78, 5) is 1.87. The third kappa shape index (κ3) is 5.77. The third-order valence-electron chi connectivity index (χ3n) is 1.44. The summed E-state index contributed by atoms with van der Waals surface area (Å²) in [5.74, 6) is 0. The summed E-state index contributed by atoms with van der Waals surface area (Å²) < 4.78 is 0.525. The highest BCUT2D eigenvalue weighted by Crippen LogP contribution is 1.99. The maximum Gasteiger partial charge on any atom is 0.133 e. The molecule has 0 aromatic carbocycles. The summed E-state index contributed by atoms with van der Waals surface area (Å²) in [5, 5.41) is 17.2. The quantitative estimate of drug-likeness (QED) is 0.434. The zero-order chi connectivity index (χ0) is 9.40. The van der Waals surface area contributed by atoms with Crippen molar-refractivity contribution in [2.45, 2.75) is 12.8 Å². The van der Waals surface area contributed by atoms with Crippen LogP contribution in [0.3, 0.4) is 0 Å². The van der Waals surface area contributed by atoms with Gasteiger partial charge in [0.1, 0.15) is 4.32 Å². The molecule has 12 heavy (non-hydrogen) atoms. The van der Waals surface area contributed by atoms with Crippen LogP contribution in [0.15, 0.2) is 0 Å². The normalized spacial score (nSPS) is 9.92. The van der Waals surface area contributed by atoms with E-state index >= 15 is 0 Å². The van der Waals surface area contributed by atoms with Crippen LogP contribution in [0, 0.1) is 0 Å². The highest BCUT2D eigenvalue weighted by molar-refractivity contribution is 8.10. The Balaban J connectivity index is 3.62. The third-order valence-corrected chi connectivity index (χ3v) is 1.98. The molecule has 2 N–H and O–H groups in total. The van der Waals surface area contributed by atoms with Gasteiger partial charge in [-0.2, -0.15) is 0 Å². The summed E-state index contributed by atoms with van der Waals surface area (Å²) in [6.07, 6.45) is 1.37. The molecule has 72 valence electrons. The molecule has 0 aromatic heterocycles. The van der Waals surface area contributed by atoms with Crippen LogP contribution in [0.1, 0.15) is 12.8 Å². The predicted molar refractivity (Wildman–Crippen MR) is 56.6 cm³/mol. The van der Waals surface area contributed by atoms with Crippen LogP contribution >= 0.6 is 24.8 Å². The van der Waals surface area contributed by atoms with Gasteiger partial charge in [-0.25, -0.2) is 0 Å². The number of thiol groups is 1. The lowest BCUT2D eigenvalue weighted by atomic mass is 10.3. The van der Waals surface area contributed by atoms with Crippen LogP contribution in [0.2, 0.25) is 0 Å². The molecular formula is C7H15NO2S2. The minimum Gasteiger partial charge on any atom is -0.396 e. The first kappa shape index (κ1) is 12.2. The van der Waals surface area contributed by atoms with Crippen LogP contribution in [0.4, 0.5) is 0 Å². The van der Waals surface area contributed by atoms with E-state index in [0.29, 0.717) is 30.3 Å². The fourth-order valence-electron chi connectivity index (χ4n) is 0.826. The summed E-state index contributed by atoms with van der Waals surface area (Å²) in [7, 11) is 0. The van der Waals surface area contributed by atoms with Gasteiger partial charge in [0.15, 0.2) is 0 Å². The molecule has 0 aliphatic carbocycles. The van der Waals surface area contributed by atoms with E-state index < -0.39 is 0 Å². The van der Waals surface area contributed by atoms with E-state index in [0.717, 1.165) is 0 Å². The maximum absolute atomic E-state index is 8.58. The number of rotatable bonds is 6. The number of aliphatic hydroxyl groups excluding tert-OH is 2. The Hall–Kier alpha value is 0.160. The van der Waals surface area contributed by atoms with Gasteiger partial charge in [0.25, 0.3) is 0 Å². The zero-order valence-corrected chi connectivity index (χ0v) is 8.65. The van der Waals surface area contributed by atoms with Crippen molar-refractivity contribution in [3.63, 3.8) is 0 Å². The Kier molecular flexibility index (Phi) is 7.89. The number of nitrogens with zero attached hydrogens (tertiary/aromatic N) is 1. The molecule has 0 unspecified atom stereocenters. The highest BCUT2D eigenvalue weighted by atomic mass is 32.1. The van der Waals surface area contributed by atoms with Crippen LogP contribution < -0.4 is 0 Å². The molecule has 0 spiro atoms. The fourth-order valence-corrected chi connectivity index (χ4v) is 1.21. The van der Waals surface area contributed by atoms with Gasteiger partial charge < -0.3 is 15.1 Å². The van der Waals surface area contributed by atoms with E-state index in [2.05, 4.69) is 12.6 Å². The molecule has 0 atom stereocenters. The molecule has 0 amide bonds. The van der Waals surface area contributed by atoms with Crippen LogP contribution in [-0.4, -0.2) is 45.7 Å². The van der Waals surface area contributed by atoms with E-state index in [1.165, 1.54) is 0 Å². The Morgan fingerprint density at radius 3 is 1.83 bits per heavy atom. The van der Waals surface area contributed by atoms with Crippen molar-refractivity contribution < 1.29 is 10.2 Å². The van der Waals surface area contributed by atoms with E-state index in [-0.39, 0.29) is 13.2 Å². The molecule has 0 bridgehead atoms. The first-order chi connectivity index (χ1) is 5.72. The minimum atomic E-state index is 0.159. The standard InChI is InChI=1S/C7H15NO2S2/c9-5-1-3-8(7(11)12)4-2-6-10/h9-10H,1-6H2,(H,11,12). The minimum absolute atomic E-state index is 0.159. The molecule has 0 fully saturated rings. The van der Waals surface area contributed by atoms with E-state index in [9.17, 15) is 0 Å². The number of hydrogen-bond donors (Lipinski definition) is 3. The number of aliphatic hydroxyl groups is 2.